The van der Waals surface area contributed by atoms with Crippen molar-refractivity contribution in [2.75, 3.05) is 24.6 Å². The van der Waals surface area contributed by atoms with Crippen molar-refractivity contribution in [1.29, 1.82) is 0 Å². The summed E-state index contributed by atoms with van der Waals surface area (Å²) in [5, 5.41) is 3.47. The number of hydrogen-bond acceptors (Lipinski definition) is 2. The van der Waals surface area contributed by atoms with Gasteiger partial charge >= 0.3 is 6.03 Å². The molecule has 0 aliphatic rings. The number of amides is 2. The summed E-state index contributed by atoms with van der Waals surface area (Å²) in [6.07, 6.45) is 0.699. The molecular weight excluding hydrogens is 392 g/mol. The van der Waals surface area contributed by atoms with Crippen LogP contribution in [0.4, 0.5) is 10.5 Å². The Balaban J connectivity index is 1.74. The van der Waals surface area contributed by atoms with E-state index in [4.69, 9.17) is 16.3 Å². The van der Waals surface area contributed by atoms with Gasteiger partial charge in [-0.3, -0.25) is 4.90 Å². The standard InChI is InChI=1S/C18H20BrClN2O2/c1-2-22(15-7-4-3-5-8-15)18(23)21-11-6-12-24-17-10-9-14(19)13-16(17)20/h3-5,7-10,13H,2,6,11-12H2,1H3,(H,21,23). The lowest BCUT2D eigenvalue weighted by Gasteiger charge is -2.21. The Hall–Kier alpha value is -1.72. The molecular formula is C18H20BrClN2O2. The van der Waals surface area contributed by atoms with Gasteiger partial charge in [-0.05, 0) is 43.7 Å². The number of ether oxygens (including phenoxy) is 1. The molecule has 2 rings (SSSR count). The van der Waals surface area contributed by atoms with Crippen LogP contribution >= 0.6 is 27.5 Å². The number of rotatable bonds is 7. The van der Waals surface area contributed by atoms with Crippen molar-refractivity contribution in [2.24, 2.45) is 0 Å². The van der Waals surface area contributed by atoms with Crippen LogP contribution in [0.25, 0.3) is 0 Å². The number of urea groups is 1. The topological polar surface area (TPSA) is 41.6 Å². The van der Waals surface area contributed by atoms with Crippen molar-refractivity contribution in [1.82, 2.24) is 5.32 Å². The molecule has 0 aliphatic heterocycles. The van der Waals surface area contributed by atoms with E-state index in [-0.39, 0.29) is 6.03 Å². The molecule has 24 heavy (non-hydrogen) atoms. The molecule has 0 fully saturated rings. The van der Waals surface area contributed by atoms with Crippen LogP contribution in [0, 0.1) is 0 Å². The van der Waals surface area contributed by atoms with E-state index in [9.17, 15) is 4.79 Å². The maximum atomic E-state index is 12.2. The van der Waals surface area contributed by atoms with Gasteiger partial charge in [0.05, 0.1) is 11.6 Å². The summed E-state index contributed by atoms with van der Waals surface area (Å²) >= 11 is 9.44. The average molecular weight is 412 g/mol. The smallest absolute Gasteiger partial charge is 0.321 e. The Labute approximate surface area is 155 Å². The molecule has 0 unspecified atom stereocenters. The quantitative estimate of drug-likeness (QED) is 0.643. The molecule has 0 atom stereocenters. The number of halogens is 2. The van der Waals surface area contributed by atoms with Gasteiger partial charge in [0.15, 0.2) is 0 Å². The van der Waals surface area contributed by atoms with Gasteiger partial charge in [0.25, 0.3) is 0 Å². The predicted octanol–water partition coefficient (Wildman–Crippen LogP) is 5.11. The number of nitrogens with zero attached hydrogens (tertiary/aromatic N) is 1. The van der Waals surface area contributed by atoms with Crippen LogP contribution in [0.3, 0.4) is 0 Å². The number of carbonyl (C=O) groups excluding carboxylic acids is 1. The van der Waals surface area contributed by atoms with E-state index < -0.39 is 0 Å². The molecule has 0 aromatic heterocycles. The van der Waals surface area contributed by atoms with Crippen LogP contribution in [-0.2, 0) is 0 Å². The van der Waals surface area contributed by atoms with Crippen LogP contribution in [0.5, 0.6) is 5.75 Å². The number of benzene rings is 2. The molecule has 2 amide bonds. The summed E-state index contributed by atoms with van der Waals surface area (Å²) in [5.41, 5.74) is 0.885. The molecule has 2 aromatic rings. The third kappa shape index (κ3) is 5.42. The molecule has 0 radical (unpaired) electrons. The van der Waals surface area contributed by atoms with E-state index >= 15 is 0 Å². The van der Waals surface area contributed by atoms with Gasteiger partial charge in [-0.2, -0.15) is 0 Å². The van der Waals surface area contributed by atoms with Crippen molar-refractivity contribution in [3.63, 3.8) is 0 Å². The van der Waals surface area contributed by atoms with E-state index in [1.54, 1.807) is 11.0 Å². The summed E-state index contributed by atoms with van der Waals surface area (Å²) in [7, 11) is 0. The van der Waals surface area contributed by atoms with Crippen molar-refractivity contribution in [3.05, 3.63) is 58.0 Å². The van der Waals surface area contributed by atoms with Crippen LogP contribution in [0.15, 0.2) is 53.0 Å². The third-order valence-corrected chi connectivity index (χ3v) is 4.17. The van der Waals surface area contributed by atoms with Gasteiger partial charge in [0, 0.05) is 23.2 Å². The summed E-state index contributed by atoms with van der Waals surface area (Å²) < 4.78 is 6.54. The molecule has 128 valence electrons. The number of carbonyl (C=O) groups is 1. The van der Waals surface area contributed by atoms with E-state index in [0.29, 0.717) is 36.9 Å². The molecule has 0 heterocycles. The fraction of sp³-hybridized carbons (Fsp3) is 0.278. The summed E-state index contributed by atoms with van der Waals surface area (Å²) in [4.78, 5) is 13.9. The molecule has 0 spiro atoms. The lowest BCUT2D eigenvalue weighted by molar-refractivity contribution is 0.244. The fourth-order valence-electron chi connectivity index (χ4n) is 2.19. The second-order valence-corrected chi connectivity index (χ2v) is 6.41. The number of para-hydroxylation sites is 1. The molecule has 6 heteroatoms. The van der Waals surface area contributed by atoms with Crippen molar-refractivity contribution in [2.45, 2.75) is 13.3 Å². The highest BCUT2D eigenvalue weighted by atomic mass is 79.9. The molecule has 0 saturated carbocycles. The van der Waals surface area contributed by atoms with E-state index in [2.05, 4.69) is 21.2 Å². The maximum Gasteiger partial charge on any atom is 0.321 e. The SMILES string of the molecule is CCN(C(=O)NCCCOc1ccc(Br)cc1Cl)c1ccccc1. The minimum atomic E-state index is -0.106. The molecule has 4 nitrogen and oxygen atoms in total. The van der Waals surface area contributed by atoms with E-state index in [1.807, 2.05) is 49.4 Å². The fourth-order valence-corrected chi connectivity index (χ4v) is 2.92. The molecule has 1 N–H and O–H groups in total. The Kier molecular flexibility index (Phi) is 7.40. The summed E-state index contributed by atoms with van der Waals surface area (Å²) in [6.45, 7) is 3.58. The number of nitrogens with one attached hydrogen (secondary N) is 1. The van der Waals surface area contributed by atoms with Crippen molar-refractivity contribution in [3.8, 4) is 5.75 Å². The van der Waals surface area contributed by atoms with E-state index in [0.717, 1.165) is 10.2 Å². The zero-order chi connectivity index (χ0) is 17.4. The van der Waals surface area contributed by atoms with Gasteiger partial charge in [0.2, 0.25) is 0 Å². The first-order valence-corrected chi connectivity index (χ1v) is 8.97. The lowest BCUT2D eigenvalue weighted by Crippen LogP contribution is -2.40. The Morgan fingerprint density at radius 2 is 2.00 bits per heavy atom. The van der Waals surface area contributed by atoms with Crippen molar-refractivity contribution >= 4 is 39.2 Å². The monoisotopic (exact) mass is 410 g/mol. The zero-order valence-corrected chi connectivity index (χ0v) is 15.8. The van der Waals surface area contributed by atoms with E-state index in [1.165, 1.54) is 0 Å². The Bertz CT molecular complexity index is 667. The second kappa shape index (κ2) is 9.55. The Morgan fingerprint density at radius 3 is 2.67 bits per heavy atom. The lowest BCUT2D eigenvalue weighted by atomic mass is 10.3. The van der Waals surface area contributed by atoms with Gasteiger partial charge in [-0.25, -0.2) is 4.79 Å². The average Bonchev–Trinajstić information content (AvgIpc) is 2.58. The van der Waals surface area contributed by atoms with Crippen LogP contribution in [0.2, 0.25) is 5.02 Å². The molecule has 0 aliphatic carbocycles. The highest BCUT2D eigenvalue weighted by Crippen LogP contribution is 2.27. The first-order chi connectivity index (χ1) is 11.6. The number of anilines is 1. The Morgan fingerprint density at radius 1 is 1.25 bits per heavy atom. The van der Waals surface area contributed by atoms with Gasteiger partial charge < -0.3 is 10.1 Å². The number of hydrogen-bond donors (Lipinski definition) is 1. The normalized spacial score (nSPS) is 10.3. The highest BCUT2D eigenvalue weighted by molar-refractivity contribution is 9.10. The molecule has 0 bridgehead atoms. The maximum absolute atomic E-state index is 12.2. The predicted molar refractivity (Wildman–Crippen MR) is 102 cm³/mol. The second-order valence-electron chi connectivity index (χ2n) is 5.09. The van der Waals surface area contributed by atoms with Crippen molar-refractivity contribution < 1.29 is 9.53 Å². The zero-order valence-electron chi connectivity index (χ0n) is 13.5. The van der Waals surface area contributed by atoms with Crippen LogP contribution in [0.1, 0.15) is 13.3 Å². The third-order valence-electron chi connectivity index (χ3n) is 3.38. The summed E-state index contributed by atoms with van der Waals surface area (Å²) in [6, 6.07) is 15.0. The minimum absolute atomic E-state index is 0.106. The van der Waals surface area contributed by atoms with Crippen LogP contribution in [-0.4, -0.2) is 25.7 Å². The minimum Gasteiger partial charge on any atom is -0.492 e. The van der Waals surface area contributed by atoms with Crippen LogP contribution < -0.4 is 15.0 Å². The van der Waals surface area contributed by atoms with Gasteiger partial charge in [-0.1, -0.05) is 45.7 Å². The van der Waals surface area contributed by atoms with Gasteiger partial charge in [0.1, 0.15) is 5.75 Å². The largest absolute Gasteiger partial charge is 0.492 e. The molecule has 2 aromatic carbocycles. The van der Waals surface area contributed by atoms with Gasteiger partial charge in [-0.15, -0.1) is 0 Å². The molecule has 0 saturated heterocycles. The first kappa shape index (κ1) is 18.6. The summed E-state index contributed by atoms with van der Waals surface area (Å²) in [5.74, 6) is 0.644. The first-order valence-electron chi connectivity index (χ1n) is 7.80. The highest BCUT2D eigenvalue weighted by Gasteiger charge is 2.12.